The van der Waals surface area contributed by atoms with E-state index in [0.29, 0.717) is 13.0 Å². The molecule has 0 aromatic heterocycles. The Hall–Kier alpha value is -0.545. The number of carbonyl (C=O) groups is 1. The average Bonchev–Trinajstić information content (AvgIpc) is 2.25. The minimum Gasteiger partial charge on any atom is -0.471 e. The number of carbonyl (C=O) groups excluding carboxylic acids is 1. The zero-order valence-electron chi connectivity index (χ0n) is 13.9. The molecule has 0 aliphatic carbocycles. The minimum atomic E-state index is -0.759. The van der Waals surface area contributed by atoms with Crippen LogP contribution in [0.3, 0.4) is 0 Å². The van der Waals surface area contributed by atoms with Crippen LogP contribution >= 0.6 is 0 Å². The third kappa shape index (κ3) is 10.3. The van der Waals surface area contributed by atoms with E-state index in [-0.39, 0.29) is 12.0 Å². The molecule has 117 valence electrons. The normalized spacial score (nSPS) is 13.9. The van der Waals surface area contributed by atoms with Crippen molar-refractivity contribution in [3.8, 4) is 0 Å². The topological polar surface area (TPSA) is 55.8 Å². The van der Waals surface area contributed by atoms with Gasteiger partial charge < -0.3 is 14.6 Å². The molecular formula is C15H30BO4. The van der Waals surface area contributed by atoms with Crippen molar-refractivity contribution in [3.63, 3.8) is 0 Å². The van der Waals surface area contributed by atoms with Gasteiger partial charge in [-0.1, -0.05) is 20.3 Å². The number of ether oxygens (including phenoxy) is 2. The third-order valence-electron chi connectivity index (χ3n) is 3.00. The summed E-state index contributed by atoms with van der Waals surface area (Å²) in [5.74, 6) is -0.335. The van der Waals surface area contributed by atoms with Crippen LogP contribution in [0.15, 0.2) is 0 Å². The van der Waals surface area contributed by atoms with Gasteiger partial charge in [0, 0.05) is 12.1 Å². The third-order valence-corrected chi connectivity index (χ3v) is 3.00. The van der Waals surface area contributed by atoms with Crippen LogP contribution in [0.25, 0.3) is 0 Å². The number of hydrogen-bond acceptors (Lipinski definition) is 4. The summed E-state index contributed by atoms with van der Waals surface area (Å²) < 4.78 is 11.0. The van der Waals surface area contributed by atoms with E-state index in [0.717, 1.165) is 19.3 Å². The molecule has 1 atom stereocenters. The lowest BCUT2D eigenvalue weighted by atomic mass is 9.62. The summed E-state index contributed by atoms with van der Waals surface area (Å²) in [5, 5.41) is 9.62. The second kappa shape index (κ2) is 8.68. The van der Waals surface area contributed by atoms with Gasteiger partial charge in [-0.3, -0.25) is 4.79 Å². The van der Waals surface area contributed by atoms with Crippen molar-refractivity contribution >= 4 is 13.1 Å². The van der Waals surface area contributed by atoms with Crippen LogP contribution in [0.4, 0.5) is 4.79 Å². The molecule has 5 heteroatoms. The van der Waals surface area contributed by atoms with E-state index in [1.165, 1.54) is 7.28 Å². The quantitative estimate of drug-likeness (QED) is 0.626. The molecule has 1 N–H and O–H groups in total. The molecule has 0 aromatic carbocycles. The molecule has 0 spiro atoms. The average molecular weight is 285 g/mol. The van der Waals surface area contributed by atoms with Crippen LogP contribution in [0.5, 0.6) is 0 Å². The molecule has 0 heterocycles. The minimum absolute atomic E-state index is 0.0177. The fraction of sp³-hybridized carbons (Fsp3) is 0.933. The fourth-order valence-electron chi connectivity index (χ4n) is 1.76. The Kier molecular flexibility index (Phi) is 8.44. The largest absolute Gasteiger partial charge is 0.471 e. The van der Waals surface area contributed by atoms with E-state index in [9.17, 15) is 9.90 Å². The molecule has 1 radical (unpaired) electrons. The summed E-state index contributed by atoms with van der Waals surface area (Å²) in [7, 11) is 1.47. The Labute approximate surface area is 124 Å². The van der Waals surface area contributed by atoms with Crippen molar-refractivity contribution in [1.82, 2.24) is 0 Å². The Balaban J connectivity index is 4.14. The predicted molar refractivity (Wildman–Crippen MR) is 82.2 cm³/mol. The maximum atomic E-state index is 11.9. The van der Waals surface area contributed by atoms with Gasteiger partial charge in [0.25, 0.3) is 0 Å². The van der Waals surface area contributed by atoms with E-state index in [1.54, 1.807) is 13.8 Å². The molecule has 0 bridgehead atoms. The molecule has 0 saturated carbocycles. The van der Waals surface area contributed by atoms with Gasteiger partial charge in [-0.2, -0.15) is 0 Å². The summed E-state index contributed by atoms with van der Waals surface area (Å²) in [4.78, 5) is 11.9. The zero-order valence-corrected chi connectivity index (χ0v) is 13.9. The van der Waals surface area contributed by atoms with E-state index in [4.69, 9.17) is 9.47 Å². The smallest absolute Gasteiger partial charge is 0.300 e. The van der Waals surface area contributed by atoms with Gasteiger partial charge in [0.05, 0.1) is 5.60 Å². The molecule has 0 aromatic rings. The molecule has 4 nitrogen and oxygen atoms in total. The van der Waals surface area contributed by atoms with Crippen molar-refractivity contribution in [3.05, 3.63) is 0 Å². The summed E-state index contributed by atoms with van der Waals surface area (Å²) in [6.45, 7) is 11.6. The van der Waals surface area contributed by atoms with Crippen LogP contribution < -0.4 is 0 Å². The van der Waals surface area contributed by atoms with Crippen LogP contribution in [-0.2, 0) is 9.47 Å². The Morgan fingerprint density at radius 2 is 1.85 bits per heavy atom. The molecule has 0 saturated heterocycles. The van der Waals surface area contributed by atoms with E-state index < -0.39 is 11.1 Å². The predicted octanol–water partition coefficient (Wildman–Crippen LogP) is 3.32. The molecule has 0 aliphatic heterocycles. The highest BCUT2D eigenvalue weighted by molar-refractivity contribution is 6.74. The molecule has 20 heavy (non-hydrogen) atoms. The van der Waals surface area contributed by atoms with Crippen molar-refractivity contribution in [2.24, 2.45) is 0 Å². The highest BCUT2D eigenvalue weighted by Gasteiger charge is 2.28. The van der Waals surface area contributed by atoms with Gasteiger partial charge in [-0.05, 0) is 47.0 Å². The maximum Gasteiger partial charge on any atom is 0.300 e. The molecule has 0 aliphatic rings. The second-order valence-electron chi connectivity index (χ2n) is 6.41. The zero-order chi connectivity index (χ0) is 15.8. The molecule has 0 fully saturated rings. The number of aliphatic hydroxyl groups is 1. The lowest BCUT2D eigenvalue weighted by Gasteiger charge is -2.26. The van der Waals surface area contributed by atoms with Crippen LogP contribution in [0.2, 0.25) is 0 Å². The lowest BCUT2D eigenvalue weighted by molar-refractivity contribution is -0.00783. The van der Waals surface area contributed by atoms with Crippen molar-refractivity contribution in [1.29, 1.82) is 0 Å². The van der Waals surface area contributed by atoms with Gasteiger partial charge in [0.2, 0.25) is 5.87 Å². The van der Waals surface area contributed by atoms with Gasteiger partial charge in [-0.15, -0.1) is 0 Å². The van der Waals surface area contributed by atoms with E-state index in [2.05, 4.69) is 6.92 Å². The number of rotatable bonds is 10. The lowest BCUT2D eigenvalue weighted by Crippen LogP contribution is -2.40. The molecule has 1 unspecified atom stereocenters. The van der Waals surface area contributed by atoms with E-state index >= 15 is 0 Å². The second-order valence-corrected chi connectivity index (χ2v) is 6.41. The summed E-state index contributed by atoms with van der Waals surface area (Å²) in [6, 6.07) is 0. The Bertz CT molecular complexity index is 284. The van der Waals surface area contributed by atoms with Gasteiger partial charge in [-0.25, -0.2) is 0 Å². The van der Waals surface area contributed by atoms with Gasteiger partial charge in [0.15, 0.2) is 0 Å². The van der Waals surface area contributed by atoms with Crippen molar-refractivity contribution in [2.75, 3.05) is 6.61 Å². The van der Waals surface area contributed by atoms with Crippen molar-refractivity contribution in [2.45, 2.75) is 84.4 Å². The molecule has 0 amide bonds. The Morgan fingerprint density at radius 1 is 1.25 bits per heavy atom. The first-order valence-electron chi connectivity index (χ1n) is 7.52. The highest BCUT2D eigenvalue weighted by Crippen LogP contribution is 2.14. The summed E-state index contributed by atoms with van der Waals surface area (Å²) in [6.07, 6.45) is 3.21. The Morgan fingerprint density at radius 3 is 2.30 bits per heavy atom. The van der Waals surface area contributed by atoms with Crippen LogP contribution in [-0.4, -0.2) is 42.1 Å². The van der Waals surface area contributed by atoms with Gasteiger partial charge in [0.1, 0.15) is 6.10 Å². The summed E-state index contributed by atoms with van der Waals surface area (Å²) in [5.41, 5.74) is -1.45. The van der Waals surface area contributed by atoms with Crippen molar-refractivity contribution < 1.29 is 19.4 Å². The van der Waals surface area contributed by atoms with Crippen LogP contribution in [0, 0.1) is 0 Å². The van der Waals surface area contributed by atoms with E-state index in [1.807, 2.05) is 20.8 Å². The first-order valence-corrected chi connectivity index (χ1v) is 7.52. The van der Waals surface area contributed by atoms with Crippen LogP contribution in [0.1, 0.15) is 67.2 Å². The highest BCUT2D eigenvalue weighted by atomic mass is 16.5. The monoisotopic (exact) mass is 285 g/mol. The fourth-order valence-corrected chi connectivity index (χ4v) is 1.76. The SMILES string of the molecule is CCCC(CC)OC(=O)[B]C(C)(C)OCCC(C)(C)O. The molecular weight excluding hydrogens is 255 g/mol. The first kappa shape index (κ1) is 19.5. The maximum absolute atomic E-state index is 11.9. The summed E-state index contributed by atoms with van der Waals surface area (Å²) >= 11 is 0. The molecule has 0 rings (SSSR count). The number of hydrogen-bond donors (Lipinski definition) is 1. The van der Waals surface area contributed by atoms with Gasteiger partial charge >= 0.3 is 7.28 Å². The standard InChI is InChI=1S/C15H30BO4/c1-7-9-12(8-2)20-13(17)16-15(5,6)19-11-10-14(3,4)18/h12,18H,7-11H2,1-6H3. The first-order chi connectivity index (χ1) is 9.09.